The Morgan fingerprint density at radius 2 is 1.84 bits per heavy atom. The quantitative estimate of drug-likeness (QED) is 0.106. The molecule has 2 aromatic carbocycles. The molecule has 3 saturated heterocycles. The Balaban J connectivity index is 1.05. The van der Waals surface area contributed by atoms with E-state index in [1.165, 1.54) is 49.6 Å². The van der Waals surface area contributed by atoms with Crippen molar-refractivity contribution in [2.45, 2.75) is 88.9 Å². The number of nitrogens with zero attached hydrogens (tertiary/aromatic N) is 3. The number of carbonyl (C=O) groups is 4. The van der Waals surface area contributed by atoms with E-state index in [9.17, 15) is 28.1 Å². The molecule has 4 aromatic rings. The molecule has 7 rings (SSSR count). The van der Waals surface area contributed by atoms with E-state index in [1.807, 2.05) is 13.8 Å². The molecule has 16 heteroatoms. The maximum atomic E-state index is 16.5. The third-order valence-corrected chi connectivity index (χ3v) is 14.1. The van der Waals surface area contributed by atoms with E-state index >= 15 is 4.39 Å². The van der Waals surface area contributed by atoms with Crippen molar-refractivity contribution in [1.29, 1.82) is 0 Å². The van der Waals surface area contributed by atoms with Gasteiger partial charge in [-0.05, 0) is 92.3 Å². The average molecular weight is 822 g/mol. The molecular formula is C41H46F2N5O7PS. The summed E-state index contributed by atoms with van der Waals surface area (Å²) in [5, 5.41) is 6.02. The lowest BCUT2D eigenvalue weighted by Crippen LogP contribution is -2.58. The van der Waals surface area contributed by atoms with Gasteiger partial charge in [0.15, 0.2) is 0 Å². The van der Waals surface area contributed by atoms with Crippen molar-refractivity contribution in [3.63, 3.8) is 0 Å². The Bertz CT molecular complexity index is 2190. The maximum Gasteiger partial charge on any atom is 0.355 e. The molecule has 2 N–H and O–H groups in total. The number of hydrogen-bond donors (Lipinski definition) is 2. The Morgan fingerprint density at radius 3 is 2.58 bits per heavy atom. The van der Waals surface area contributed by atoms with Gasteiger partial charge in [-0.1, -0.05) is 38.1 Å². The zero-order valence-corrected chi connectivity index (χ0v) is 33.6. The van der Waals surface area contributed by atoms with Crippen LogP contribution in [0.15, 0.2) is 73.1 Å². The number of para-hydroxylation sites is 1. The highest BCUT2D eigenvalue weighted by Crippen LogP contribution is 2.58. The number of halogens is 2. The van der Waals surface area contributed by atoms with Crippen LogP contribution < -0.4 is 14.9 Å². The molecule has 3 amide bonds. The van der Waals surface area contributed by atoms with E-state index in [4.69, 9.17) is 9.26 Å². The van der Waals surface area contributed by atoms with Crippen LogP contribution in [0.2, 0.25) is 0 Å². The number of nitrogens with one attached hydrogen (secondary N) is 2. The Morgan fingerprint density at radius 1 is 1.07 bits per heavy atom. The standard InChI is InChI=1S/C41H46F2N5O7PS/c1-4-16-54-41(52)25(3)46-56(53,55-30-8-6-5-7-9-30)37(43)26-10-13-35-27(19-26)20-36(57-35)38(49)45-33-18-24(2)17-29-11-12-34(48(29)39(33)50)40(51)47-22-28(23-47)31-21-44-15-14-32(31)42/h5-10,13-15,19-21,24-25,28-29,33-34,37H,4,11-12,16-18,22-23H2,1-3H3,(H,45,49)(H,46,53)/t24-,25-,29+,33-,34-,37?,56?/m0/s1. The predicted molar refractivity (Wildman–Crippen MR) is 211 cm³/mol. The minimum Gasteiger partial charge on any atom is -0.465 e. The molecule has 0 radical (unpaired) electrons. The molecule has 3 aliphatic rings. The fourth-order valence-electron chi connectivity index (χ4n) is 7.98. The zero-order chi connectivity index (χ0) is 40.4. The van der Waals surface area contributed by atoms with Gasteiger partial charge in [0, 0.05) is 47.7 Å². The second kappa shape index (κ2) is 17.0. The molecule has 12 nitrogen and oxygen atoms in total. The predicted octanol–water partition coefficient (Wildman–Crippen LogP) is 7.12. The summed E-state index contributed by atoms with van der Waals surface area (Å²) in [6.45, 7) is 6.14. The first-order valence-electron chi connectivity index (χ1n) is 19.3. The highest BCUT2D eigenvalue weighted by atomic mass is 32.1. The monoisotopic (exact) mass is 821 g/mol. The number of hydrogen-bond acceptors (Lipinski definition) is 9. The molecule has 0 saturated carbocycles. The lowest BCUT2D eigenvalue weighted by Gasteiger charge is -2.42. The average Bonchev–Trinajstić information content (AvgIpc) is 3.78. The summed E-state index contributed by atoms with van der Waals surface area (Å²) < 4.78 is 56.7. The van der Waals surface area contributed by atoms with Crippen molar-refractivity contribution in [2.75, 3.05) is 19.7 Å². The first kappa shape index (κ1) is 40.5. The lowest BCUT2D eigenvalue weighted by molar-refractivity contribution is -0.148. The van der Waals surface area contributed by atoms with E-state index in [0.717, 1.165) is 11.3 Å². The maximum absolute atomic E-state index is 16.5. The van der Waals surface area contributed by atoms with Crippen molar-refractivity contribution < 1.29 is 41.8 Å². The van der Waals surface area contributed by atoms with Gasteiger partial charge in [0.2, 0.25) is 17.7 Å². The molecule has 302 valence electrons. The van der Waals surface area contributed by atoms with Crippen LogP contribution in [0.3, 0.4) is 0 Å². The minimum atomic E-state index is -4.45. The van der Waals surface area contributed by atoms with Crippen molar-refractivity contribution in [3.8, 4) is 5.75 Å². The van der Waals surface area contributed by atoms with Crippen molar-refractivity contribution in [1.82, 2.24) is 25.2 Å². The molecule has 2 aromatic heterocycles. The van der Waals surface area contributed by atoms with Crippen molar-refractivity contribution in [2.24, 2.45) is 5.92 Å². The molecular weight excluding hydrogens is 776 g/mol. The molecule has 2 unspecified atom stereocenters. The Kier molecular flexibility index (Phi) is 12.1. The summed E-state index contributed by atoms with van der Waals surface area (Å²) >= 11 is 1.16. The normalized spacial score (nSPS) is 23.1. The van der Waals surface area contributed by atoms with E-state index < -0.39 is 43.4 Å². The van der Waals surface area contributed by atoms with Crippen LogP contribution >= 0.6 is 18.9 Å². The SMILES string of the molecule is CCCOC(=O)[C@H](C)NP(=O)(Oc1ccccc1)C(F)c1ccc2sc(C(=O)N[C@H]3C[C@@H](C)C[C@H]4CC[C@@H](C(=O)N5CC(c6cnccc6F)C5)N4C3=O)cc2c1. The largest absolute Gasteiger partial charge is 0.465 e. The van der Waals surface area contributed by atoms with Crippen LogP contribution in [0.1, 0.15) is 85.5 Å². The van der Waals surface area contributed by atoms with Crippen LogP contribution in [0.25, 0.3) is 10.1 Å². The van der Waals surface area contributed by atoms with Gasteiger partial charge in [-0.15, -0.1) is 11.3 Å². The number of benzene rings is 2. The second-order valence-corrected chi connectivity index (χ2v) is 18.4. The number of esters is 1. The summed E-state index contributed by atoms with van der Waals surface area (Å²) in [6, 6.07) is 12.8. The number of fused-ring (bicyclic) bond motifs is 2. The first-order chi connectivity index (χ1) is 27.3. The van der Waals surface area contributed by atoms with Gasteiger partial charge in [0.25, 0.3) is 5.91 Å². The number of aromatic nitrogens is 1. The lowest BCUT2D eigenvalue weighted by atomic mass is 9.91. The molecule has 3 fully saturated rings. The number of thiophene rings is 1. The molecule has 3 aliphatic heterocycles. The fourth-order valence-corrected chi connectivity index (χ4v) is 10.8. The van der Waals surface area contributed by atoms with E-state index in [2.05, 4.69) is 15.4 Å². The summed E-state index contributed by atoms with van der Waals surface area (Å²) in [6.07, 6.45) is 5.75. The van der Waals surface area contributed by atoms with Gasteiger partial charge < -0.3 is 24.4 Å². The van der Waals surface area contributed by atoms with Crippen LogP contribution in [0.4, 0.5) is 8.78 Å². The fraction of sp³-hybridized carbons (Fsp3) is 0.439. The Labute approximate surface area is 333 Å². The van der Waals surface area contributed by atoms with E-state index in [0.29, 0.717) is 60.8 Å². The topological polar surface area (TPSA) is 147 Å². The van der Waals surface area contributed by atoms with Gasteiger partial charge in [0.05, 0.1) is 11.5 Å². The second-order valence-electron chi connectivity index (χ2n) is 15.2. The summed E-state index contributed by atoms with van der Waals surface area (Å²) in [7, 11) is -4.45. The smallest absolute Gasteiger partial charge is 0.355 e. The highest BCUT2D eigenvalue weighted by molar-refractivity contribution is 7.57. The van der Waals surface area contributed by atoms with Gasteiger partial charge in [-0.3, -0.25) is 28.7 Å². The van der Waals surface area contributed by atoms with Crippen molar-refractivity contribution in [3.05, 3.63) is 94.9 Å². The van der Waals surface area contributed by atoms with E-state index in [-0.39, 0.29) is 58.3 Å². The number of alkyl halides is 1. The number of carbonyl (C=O) groups excluding carboxylic acids is 4. The van der Waals surface area contributed by atoms with E-state index in [1.54, 1.807) is 40.1 Å². The first-order valence-corrected chi connectivity index (χ1v) is 21.8. The molecule has 5 heterocycles. The van der Waals surface area contributed by atoms with Crippen LogP contribution in [0, 0.1) is 11.7 Å². The minimum absolute atomic E-state index is 0.01000. The summed E-state index contributed by atoms with van der Waals surface area (Å²) in [4.78, 5) is 61.9. The third kappa shape index (κ3) is 8.61. The molecule has 7 atom stereocenters. The number of likely N-dealkylation sites (tertiary alicyclic amines) is 1. The van der Waals surface area contributed by atoms with Crippen LogP contribution in [-0.2, 0) is 23.7 Å². The zero-order valence-electron chi connectivity index (χ0n) is 31.9. The van der Waals surface area contributed by atoms with Gasteiger partial charge in [0.1, 0.15) is 29.7 Å². The van der Waals surface area contributed by atoms with Gasteiger partial charge >= 0.3 is 13.5 Å². The molecule has 57 heavy (non-hydrogen) atoms. The molecule has 0 spiro atoms. The van der Waals surface area contributed by atoms with Gasteiger partial charge in [-0.25, -0.2) is 13.9 Å². The highest BCUT2D eigenvalue weighted by Gasteiger charge is 2.49. The van der Waals surface area contributed by atoms with Crippen LogP contribution in [-0.4, -0.2) is 82.3 Å². The number of ether oxygens (including phenoxy) is 1. The number of rotatable bonds is 13. The third-order valence-electron chi connectivity index (χ3n) is 10.9. The summed E-state index contributed by atoms with van der Waals surface area (Å²) in [5.74, 6) is -4.13. The number of pyridine rings is 1. The number of amides is 3. The van der Waals surface area contributed by atoms with Gasteiger partial charge in [-0.2, -0.15) is 0 Å². The summed E-state index contributed by atoms with van der Waals surface area (Å²) in [5.41, 5.74) is 0.483. The molecule has 0 aliphatic carbocycles. The van der Waals surface area contributed by atoms with Crippen LogP contribution in [0.5, 0.6) is 5.75 Å². The molecule has 0 bridgehead atoms. The van der Waals surface area contributed by atoms with Crippen molar-refractivity contribution >= 4 is 52.6 Å². The Hall–Kier alpha value is -4.72.